The molecule has 3 N–H and O–H groups in total. The summed E-state index contributed by atoms with van der Waals surface area (Å²) in [5.74, 6) is 0.0884. The van der Waals surface area contributed by atoms with Crippen LogP contribution in [0.25, 0.3) is 0 Å². The van der Waals surface area contributed by atoms with E-state index >= 15 is 0 Å². The lowest BCUT2D eigenvalue weighted by molar-refractivity contribution is 0.102. The van der Waals surface area contributed by atoms with Crippen LogP contribution >= 0.6 is 0 Å². The maximum Gasteiger partial charge on any atom is 0.255 e. The quantitative estimate of drug-likeness (QED) is 0.849. The van der Waals surface area contributed by atoms with Crippen molar-refractivity contribution in [2.45, 2.75) is 0 Å². The number of nitrogens with two attached hydrogens (primary N) is 1. The second-order valence-corrected chi connectivity index (χ2v) is 4.29. The Morgan fingerprint density at radius 3 is 2.24 bits per heavy atom. The van der Waals surface area contributed by atoms with Crippen LogP contribution in [0.2, 0.25) is 0 Å². The van der Waals surface area contributed by atoms with E-state index in [0.29, 0.717) is 22.7 Å². The summed E-state index contributed by atoms with van der Waals surface area (Å²) >= 11 is 0. The van der Waals surface area contributed by atoms with Gasteiger partial charge in [-0.25, -0.2) is 4.39 Å². The standard InChI is InChI=1S/C15H15FN2O3/c1-20-11-5-9(6-12(8-11)21-2)15(19)18-10-3-4-13(16)14(17)7-10/h3-8H,17H2,1-2H3,(H,18,19). The van der Waals surface area contributed by atoms with Crippen molar-refractivity contribution in [1.82, 2.24) is 0 Å². The SMILES string of the molecule is COc1cc(OC)cc(C(=O)Nc2ccc(F)c(N)c2)c1. The topological polar surface area (TPSA) is 73.6 Å². The average molecular weight is 290 g/mol. The summed E-state index contributed by atoms with van der Waals surface area (Å²) < 4.78 is 23.3. The molecule has 0 radical (unpaired) electrons. The number of ether oxygens (including phenoxy) is 2. The highest BCUT2D eigenvalue weighted by molar-refractivity contribution is 6.05. The summed E-state index contributed by atoms with van der Waals surface area (Å²) in [5, 5.41) is 2.63. The Bertz CT molecular complexity index is 652. The van der Waals surface area contributed by atoms with Gasteiger partial charge in [0.05, 0.1) is 19.9 Å². The molecule has 0 aliphatic heterocycles. The van der Waals surface area contributed by atoms with Gasteiger partial charge in [-0.1, -0.05) is 0 Å². The van der Waals surface area contributed by atoms with E-state index in [1.165, 1.54) is 32.4 Å². The summed E-state index contributed by atoms with van der Waals surface area (Å²) in [4.78, 5) is 12.2. The Balaban J connectivity index is 2.25. The number of amides is 1. The first-order valence-electron chi connectivity index (χ1n) is 6.13. The van der Waals surface area contributed by atoms with Crippen molar-refractivity contribution < 1.29 is 18.7 Å². The summed E-state index contributed by atoms with van der Waals surface area (Å²) in [6.07, 6.45) is 0. The zero-order valence-corrected chi connectivity index (χ0v) is 11.6. The number of carbonyl (C=O) groups excluding carboxylic acids is 1. The molecule has 2 rings (SSSR count). The molecule has 2 aromatic rings. The smallest absolute Gasteiger partial charge is 0.255 e. The van der Waals surface area contributed by atoms with Gasteiger partial charge in [0.2, 0.25) is 0 Å². The number of rotatable bonds is 4. The third-order valence-electron chi connectivity index (χ3n) is 2.87. The third-order valence-corrected chi connectivity index (χ3v) is 2.87. The highest BCUT2D eigenvalue weighted by Crippen LogP contribution is 2.24. The van der Waals surface area contributed by atoms with Crippen molar-refractivity contribution in [2.75, 3.05) is 25.3 Å². The lowest BCUT2D eigenvalue weighted by atomic mass is 10.1. The number of methoxy groups -OCH3 is 2. The lowest BCUT2D eigenvalue weighted by Crippen LogP contribution is -2.12. The summed E-state index contributed by atoms with van der Waals surface area (Å²) in [6, 6.07) is 8.78. The minimum atomic E-state index is -0.531. The van der Waals surface area contributed by atoms with Gasteiger partial charge in [-0.2, -0.15) is 0 Å². The summed E-state index contributed by atoms with van der Waals surface area (Å²) in [5.41, 5.74) is 6.19. The second-order valence-electron chi connectivity index (χ2n) is 4.29. The third kappa shape index (κ3) is 3.42. The van der Waals surface area contributed by atoms with Crippen LogP contribution in [0.15, 0.2) is 36.4 Å². The number of halogens is 1. The molecule has 21 heavy (non-hydrogen) atoms. The normalized spacial score (nSPS) is 10.0. The molecule has 0 spiro atoms. The van der Waals surface area contributed by atoms with E-state index in [2.05, 4.69) is 5.32 Å². The fourth-order valence-electron chi connectivity index (χ4n) is 1.76. The maximum absolute atomic E-state index is 13.1. The molecule has 110 valence electrons. The molecule has 0 heterocycles. The van der Waals surface area contributed by atoms with Gasteiger partial charge >= 0.3 is 0 Å². The molecule has 0 saturated heterocycles. The number of nitrogen functional groups attached to an aromatic ring is 1. The van der Waals surface area contributed by atoms with E-state index in [9.17, 15) is 9.18 Å². The maximum atomic E-state index is 13.1. The zero-order chi connectivity index (χ0) is 15.4. The van der Waals surface area contributed by atoms with E-state index in [-0.39, 0.29) is 11.6 Å². The molecule has 0 bridgehead atoms. The van der Waals surface area contributed by atoms with Gasteiger partial charge < -0.3 is 20.5 Å². The highest BCUT2D eigenvalue weighted by atomic mass is 19.1. The van der Waals surface area contributed by atoms with Gasteiger partial charge in [0.25, 0.3) is 5.91 Å². The average Bonchev–Trinajstić information content (AvgIpc) is 2.50. The molecule has 0 aliphatic rings. The van der Waals surface area contributed by atoms with Crippen LogP contribution in [0.3, 0.4) is 0 Å². The molecular weight excluding hydrogens is 275 g/mol. The predicted octanol–water partition coefficient (Wildman–Crippen LogP) is 2.68. The Morgan fingerprint density at radius 2 is 1.71 bits per heavy atom. The van der Waals surface area contributed by atoms with Crippen molar-refractivity contribution in [2.24, 2.45) is 0 Å². The fraction of sp³-hybridized carbons (Fsp3) is 0.133. The van der Waals surface area contributed by atoms with Crippen molar-refractivity contribution in [3.8, 4) is 11.5 Å². The van der Waals surface area contributed by atoms with Gasteiger partial charge in [0.15, 0.2) is 0 Å². The van der Waals surface area contributed by atoms with Gasteiger partial charge in [0.1, 0.15) is 17.3 Å². The predicted molar refractivity (Wildman–Crippen MR) is 78.3 cm³/mol. The molecule has 5 nitrogen and oxygen atoms in total. The Hall–Kier alpha value is -2.76. The van der Waals surface area contributed by atoms with E-state index in [1.54, 1.807) is 18.2 Å². The Morgan fingerprint density at radius 1 is 1.10 bits per heavy atom. The van der Waals surface area contributed by atoms with Crippen LogP contribution in [0.5, 0.6) is 11.5 Å². The first-order chi connectivity index (χ1) is 10.0. The largest absolute Gasteiger partial charge is 0.497 e. The Labute approximate surface area is 121 Å². The minimum absolute atomic E-state index is 0.0315. The number of carbonyl (C=O) groups is 1. The highest BCUT2D eigenvalue weighted by Gasteiger charge is 2.11. The van der Waals surface area contributed by atoms with Crippen LogP contribution in [0.1, 0.15) is 10.4 Å². The van der Waals surface area contributed by atoms with Crippen molar-refractivity contribution >= 4 is 17.3 Å². The van der Waals surface area contributed by atoms with Crippen LogP contribution in [-0.2, 0) is 0 Å². The molecule has 0 saturated carbocycles. The van der Waals surface area contributed by atoms with Crippen molar-refractivity contribution in [3.05, 3.63) is 47.8 Å². The summed E-state index contributed by atoms with van der Waals surface area (Å²) in [7, 11) is 2.99. The zero-order valence-electron chi connectivity index (χ0n) is 11.6. The van der Waals surface area contributed by atoms with E-state index in [0.717, 1.165) is 0 Å². The number of nitrogens with one attached hydrogen (secondary N) is 1. The molecule has 0 aliphatic carbocycles. The van der Waals surface area contributed by atoms with E-state index in [1.807, 2.05) is 0 Å². The van der Waals surface area contributed by atoms with Gasteiger partial charge in [-0.05, 0) is 30.3 Å². The number of hydrogen-bond acceptors (Lipinski definition) is 4. The van der Waals surface area contributed by atoms with Gasteiger partial charge in [-0.15, -0.1) is 0 Å². The van der Waals surface area contributed by atoms with Crippen molar-refractivity contribution in [1.29, 1.82) is 0 Å². The monoisotopic (exact) mass is 290 g/mol. The number of benzene rings is 2. The van der Waals surface area contributed by atoms with Crippen LogP contribution in [0, 0.1) is 5.82 Å². The van der Waals surface area contributed by atoms with Crippen LogP contribution in [-0.4, -0.2) is 20.1 Å². The number of anilines is 2. The summed E-state index contributed by atoms with van der Waals surface area (Å²) in [6.45, 7) is 0. The van der Waals surface area contributed by atoms with E-state index in [4.69, 9.17) is 15.2 Å². The molecule has 0 fully saturated rings. The van der Waals surface area contributed by atoms with Gasteiger partial charge in [-0.3, -0.25) is 4.79 Å². The molecule has 0 unspecified atom stereocenters. The lowest BCUT2D eigenvalue weighted by Gasteiger charge is -2.10. The van der Waals surface area contributed by atoms with E-state index < -0.39 is 5.82 Å². The molecule has 0 aromatic heterocycles. The van der Waals surface area contributed by atoms with Gasteiger partial charge in [0, 0.05) is 17.3 Å². The van der Waals surface area contributed by atoms with Crippen LogP contribution < -0.4 is 20.5 Å². The number of hydrogen-bond donors (Lipinski definition) is 2. The molecule has 1 amide bonds. The van der Waals surface area contributed by atoms with Crippen molar-refractivity contribution in [3.63, 3.8) is 0 Å². The molecular formula is C15H15FN2O3. The second kappa shape index (κ2) is 6.13. The molecule has 6 heteroatoms. The van der Waals surface area contributed by atoms with Crippen LogP contribution in [0.4, 0.5) is 15.8 Å². The first kappa shape index (κ1) is 14.6. The fourth-order valence-corrected chi connectivity index (χ4v) is 1.76. The first-order valence-corrected chi connectivity index (χ1v) is 6.13. The molecule has 2 aromatic carbocycles. The molecule has 0 atom stereocenters. The minimum Gasteiger partial charge on any atom is -0.497 e. The Kier molecular flexibility index (Phi) is 4.27.